The van der Waals surface area contributed by atoms with Crippen LogP contribution >= 0.6 is 0 Å². The average molecular weight is 259 g/mol. The summed E-state index contributed by atoms with van der Waals surface area (Å²) in [5.74, 6) is -1.30. The van der Waals surface area contributed by atoms with E-state index in [1.807, 2.05) is 0 Å². The fourth-order valence-corrected chi connectivity index (χ4v) is 1.86. The Morgan fingerprint density at radius 3 is 2.22 bits per heavy atom. The molecule has 1 saturated carbocycles. The van der Waals surface area contributed by atoms with Crippen molar-refractivity contribution in [2.75, 3.05) is 40.5 Å². The van der Waals surface area contributed by atoms with Crippen LogP contribution in [0.15, 0.2) is 0 Å². The maximum Gasteiger partial charge on any atom is 0.319 e. The first-order chi connectivity index (χ1) is 8.58. The minimum atomic E-state index is -1.17. The molecule has 0 aromatic carbocycles. The molecule has 0 heterocycles. The molecule has 1 N–H and O–H groups in total. The standard InChI is InChI=1S/C12H21NO5/c1-17-8-3-6-13(7-9-18-2)10(14)12(4-5-12)11(15)16/h3-9H2,1-2H3,(H,15,16). The minimum Gasteiger partial charge on any atom is -0.480 e. The highest BCUT2D eigenvalue weighted by molar-refractivity contribution is 6.04. The summed E-state index contributed by atoms with van der Waals surface area (Å²) in [6.07, 6.45) is 1.57. The van der Waals surface area contributed by atoms with Crippen LogP contribution in [0.1, 0.15) is 19.3 Å². The second-order valence-corrected chi connectivity index (χ2v) is 4.52. The first kappa shape index (κ1) is 14.9. The molecule has 0 radical (unpaired) electrons. The zero-order valence-electron chi connectivity index (χ0n) is 11.0. The first-order valence-electron chi connectivity index (χ1n) is 6.09. The molecule has 18 heavy (non-hydrogen) atoms. The lowest BCUT2D eigenvalue weighted by Gasteiger charge is -2.25. The zero-order valence-corrected chi connectivity index (χ0v) is 11.0. The summed E-state index contributed by atoms with van der Waals surface area (Å²) >= 11 is 0. The number of methoxy groups -OCH3 is 2. The van der Waals surface area contributed by atoms with Gasteiger partial charge >= 0.3 is 5.97 Å². The molecule has 1 amide bonds. The highest BCUT2D eigenvalue weighted by Crippen LogP contribution is 2.47. The second-order valence-electron chi connectivity index (χ2n) is 4.52. The van der Waals surface area contributed by atoms with Gasteiger partial charge in [0.2, 0.25) is 5.91 Å². The van der Waals surface area contributed by atoms with Crippen molar-refractivity contribution in [1.82, 2.24) is 4.90 Å². The molecule has 0 aromatic rings. The minimum absolute atomic E-state index is 0.289. The predicted molar refractivity (Wildman–Crippen MR) is 64.3 cm³/mol. The summed E-state index contributed by atoms with van der Waals surface area (Å²) in [5.41, 5.74) is -1.17. The lowest BCUT2D eigenvalue weighted by molar-refractivity contribution is -0.153. The number of ether oxygens (including phenoxy) is 2. The van der Waals surface area contributed by atoms with Gasteiger partial charge in [-0.15, -0.1) is 0 Å². The summed E-state index contributed by atoms with van der Waals surface area (Å²) in [6.45, 7) is 1.89. The van der Waals surface area contributed by atoms with Gasteiger partial charge in [-0.1, -0.05) is 0 Å². The summed E-state index contributed by atoms with van der Waals surface area (Å²) < 4.78 is 9.89. The van der Waals surface area contributed by atoms with E-state index in [0.717, 1.165) is 0 Å². The quantitative estimate of drug-likeness (QED) is 0.478. The van der Waals surface area contributed by atoms with E-state index in [1.54, 1.807) is 19.1 Å². The maximum atomic E-state index is 12.2. The van der Waals surface area contributed by atoms with E-state index in [9.17, 15) is 9.59 Å². The van der Waals surface area contributed by atoms with Crippen LogP contribution in [0.5, 0.6) is 0 Å². The average Bonchev–Trinajstić information content (AvgIpc) is 3.14. The van der Waals surface area contributed by atoms with E-state index < -0.39 is 11.4 Å². The molecule has 0 aromatic heterocycles. The topological polar surface area (TPSA) is 76.1 Å². The highest BCUT2D eigenvalue weighted by Gasteiger charge is 2.58. The number of carboxylic acid groups (broad SMARTS) is 1. The maximum absolute atomic E-state index is 12.2. The second kappa shape index (κ2) is 6.70. The molecule has 0 bridgehead atoms. The third kappa shape index (κ3) is 3.43. The van der Waals surface area contributed by atoms with Gasteiger partial charge in [-0.05, 0) is 19.3 Å². The van der Waals surface area contributed by atoms with Gasteiger partial charge < -0.3 is 19.5 Å². The molecular formula is C12H21NO5. The van der Waals surface area contributed by atoms with E-state index in [1.165, 1.54) is 0 Å². The summed E-state index contributed by atoms with van der Waals surface area (Å²) in [5, 5.41) is 9.12. The Morgan fingerprint density at radius 1 is 1.17 bits per heavy atom. The van der Waals surface area contributed by atoms with Gasteiger partial charge in [-0.2, -0.15) is 0 Å². The molecule has 104 valence electrons. The molecule has 6 nitrogen and oxygen atoms in total. The number of hydrogen-bond donors (Lipinski definition) is 1. The third-order valence-electron chi connectivity index (χ3n) is 3.20. The molecule has 0 atom stereocenters. The van der Waals surface area contributed by atoms with Gasteiger partial charge in [-0.3, -0.25) is 9.59 Å². The smallest absolute Gasteiger partial charge is 0.319 e. The van der Waals surface area contributed by atoms with E-state index in [-0.39, 0.29) is 5.91 Å². The van der Waals surface area contributed by atoms with Gasteiger partial charge in [0, 0.05) is 33.9 Å². The molecule has 0 saturated heterocycles. The summed E-state index contributed by atoms with van der Waals surface area (Å²) in [7, 11) is 3.16. The zero-order chi connectivity index (χ0) is 13.6. The van der Waals surface area contributed by atoms with Crippen molar-refractivity contribution < 1.29 is 24.2 Å². The monoisotopic (exact) mass is 259 g/mol. The Labute approximate surface area is 107 Å². The molecule has 0 aliphatic heterocycles. The van der Waals surface area contributed by atoms with Gasteiger partial charge in [0.15, 0.2) is 0 Å². The van der Waals surface area contributed by atoms with E-state index in [2.05, 4.69) is 0 Å². The van der Waals surface area contributed by atoms with Crippen LogP contribution in [-0.4, -0.2) is 62.4 Å². The van der Waals surface area contributed by atoms with Crippen molar-refractivity contribution >= 4 is 11.9 Å². The van der Waals surface area contributed by atoms with Crippen molar-refractivity contribution in [2.24, 2.45) is 5.41 Å². The van der Waals surface area contributed by atoms with Crippen LogP contribution in [0.4, 0.5) is 0 Å². The van der Waals surface area contributed by atoms with Crippen molar-refractivity contribution in [3.8, 4) is 0 Å². The van der Waals surface area contributed by atoms with E-state index in [0.29, 0.717) is 45.6 Å². The summed E-state index contributed by atoms with van der Waals surface area (Å²) in [4.78, 5) is 24.9. The van der Waals surface area contributed by atoms with E-state index >= 15 is 0 Å². The molecule has 0 unspecified atom stereocenters. The molecule has 6 heteroatoms. The highest BCUT2D eigenvalue weighted by atomic mass is 16.5. The van der Waals surface area contributed by atoms with Crippen LogP contribution in [0.25, 0.3) is 0 Å². The number of carboxylic acids is 1. The number of rotatable bonds is 9. The Morgan fingerprint density at radius 2 is 1.78 bits per heavy atom. The SMILES string of the molecule is COCCCN(CCOC)C(=O)C1(C(=O)O)CC1. The fourth-order valence-electron chi connectivity index (χ4n) is 1.86. The number of aliphatic carboxylic acids is 1. The Hall–Kier alpha value is -1.14. The summed E-state index contributed by atoms with van der Waals surface area (Å²) in [6, 6.07) is 0. The van der Waals surface area contributed by atoms with Gasteiger partial charge in [-0.25, -0.2) is 0 Å². The van der Waals surface area contributed by atoms with Gasteiger partial charge in [0.1, 0.15) is 5.41 Å². The van der Waals surface area contributed by atoms with Crippen molar-refractivity contribution in [3.63, 3.8) is 0 Å². The molecule has 1 rings (SSSR count). The van der Waals surface area contributed by atoms with Crippen molar-refractivity contribution in [2.45, 2.75) is 19.3 Å². The molecule has 1 aliphatic rings. The molecule has 1 aliphatic carbocycles. The van der Waals surface area contributed by atoms with Crippen LogP contribution in [0.2, 0.25) is 0 Å². The van der Waals surface area contributed by atoms with Gasteiger partial charge in [0.25, 0.3) is 0 Å². The number of carbonyl (C=O) groups is 2. The fraction of sp³-hybridized carbons (Fsp3) is 0.833. The van der Waals surface area contributed by atoms with Crippen molar-refractivity contribution in [3.05, 3.63) is 0 Å². The van der Waals surface area contributed by atoms with E-state index in [4.69, 9.17) is 14.6 Å². The normalized spacial score (nSPS) is 16.3. The first-order valence-corrected chi connectivity index (χ1v) is 6.09. The largest absolute Gasteiger partial charge is 0.480 e. The van der Waals surface area contributed by atoms with Crippen molar-refractivity contribution in [1.29, 1.82) is 0 Å². The van der Waals surface area contributed by atoms with Crippen LogP contribution < -0.4 is 0 Å². The molecule has 0 spiro atoms. The number of hydrogen-bond acceptors (Lipinski definition) is 4. The third-order valence-corrected chi connectivity index (χ3v) is 3.20. The lowest BCUT2D eigenvalue weighted by atomic mass is 10.1. The molecular weight excluding hydrogens is 238 g/mol. The lowest BCUT2D eigenvalue weighted by Crippen LogP contribution is -2.43. The Balaban J connectivity index is 2.58. The predicted octanol–water partition coefficient (Wildman–Crippen LogP) is 0.363. The Kier molecular flexibility index (Phi) is 5.55. The Bertz CT molecular complexity index is 301. The van der Waals surface area contributed by atoms with Gasteiger partial charge in [0.05, 0.1) is 6.61 Å². The van der Waals surface area contributed by atoms with Crippen LogP contribution in [-0.2, 0) is 19.1 Å². The van der Waals surface area contributed by atoms with Crippen LogP contribution in [0, 0.1) is 5.41 Å². The number of amides is 1. The van der Waals surface area contributed by atoms with Crippen LogP contribution in [0.3, 0.4) is 0 Å². The molecule has 1 fully saturated rings. The number of carbonyl (C=O) groups excluding carboxylic acids is 1. The number of nitrogens with zero attached hydrogens (tertiary/aromatic N) is 1.